The zero-order valence-electron chi connectivity index (χ0n) is 18.5. The van der Waals surface area contributed by atoms with Crippen molar-refractivity contribution in [3.05, 3.63) is 59.7 Å². The summed E-state index contributed by atoms with van der Waals surface area (Å²) in [5.41, 5.74) is 2.77. The van der Waals surface area contributed by atoms with E-state index in [0.29, 0.717) is 18.0 Å². The number of piperidine rings is 1. The normalized spacial score (nSPS) is 19.5. The molecule has 32 heavy (non-hydrogen) atoms. The molecule has 0 spiro atoms. The van der Waals surface area contributed by atoms with Crippen molar-refractivity contribution in [3.63, 3.8) is 0 Å². The summed E-state index contributed by atoms with van der Waals surface area (Å²) in [6.45, 7) is 3.90. The van der Waals surface area contributed by atoms with Crippen LogP contribution in [0.15, 0.2) is 48.5 Å². The fraction of sp³-hybridized carbons (Fsp3) is 0.458. The largest absolute Gasteiger partial charge is 0.478 e. The number of likely N-dealkylation sites (tertiary alicyclic amines) is 1. The Balaban J connectivity index is 1.35. The molecule has 2 aromatic rings. The van der Waals surface area contributed by atoms with E-state index < -0.39 is 16.1 Å². The first-order chi connectivity index (χ1) is 15.4. The Bertz CT molecular complexity index is 1030. The summed E-state index contributed by atoms with van der Waals surface area (Å²) in [5, 5.41) is 2.94. The quantitative estimate of drug-likeness (QED) is 0.722. The Kier molecular flexibility index (Phi) is 7.01. The number of ether oxygens (including phenoxy) is 1. The van der Waals surface area contributed by atoms with E-state index in [-0.39, 0.29) is 18.9 Å². The van der Waals surface area contributed by atoms with Gasteiger partial charge in [0.05, 0.1) is 11.9 Å². The lowest BCUT2D eigenvalue weighted by Gasteiger charge is -2.26. The van der Waals surface area contributed by atoms with Crippen LogP contribution in [0, 0.1) is 0 Å². The van der Waals surface area contributed by atoms with E-state index in [0.717, 1.165) is 12.1 Å². The van der Waals surface area contributed by atoms with Crippen LogP contribution in [0.25, 0.3) is 0 Å². The summed E-state index contributed by atoms with van der Waals surface area (Å²) in [5.74, 6) is 0.158. The van der Waals surface area contributed by atoms with Crippen LogP contribution >= 0.6 is 0 Å². The topological polar surface area (TPSA) is 79.0 Å². The second kappa shape index (κ2) is 9.92. The maximum absolute atomic E-state index is 12.8. The molecule has 2 aromatic carbocycles. The monoisotopic (exact) mass is 457 g/mol. The molecular formula is C24H31N3O4S. The van der Waals surface area contributed by atoms with Crippen LogP contribution in [0.4, 0.5) is 5.69 Å². The highest BCUT2D eigenvalue weighted by Crippen LogP contribution is 2.33. The molecule has 1 N–H and O–H groups in total. The highest BCUT2D eigenvalue weighted by atomic mass is 32.2. The predicted molar refractivity (Wildman–Crippen MR) is 125 cm³/mol. The molecule has 0 bridgehead atoms. The molecule has 0 radical (unpaired) electrons. The zero-order valence-corrected chi connectivity index (χ0v) is 19.3. The molecule has 0 aliphatic carbocycles. The number of nitrogens with zero attached hydrogens (tertiary/aromatic N) is 2. The standard InChI is InChI=1S/C24H31N3O4S/c1-32(29,30)27-16-13-23(31-22-8-4-3-7-21(22)27)24(28)25-17-19-9-11-20(12-10-19)18-26-14-5-2-6-15-26/h3-4,7-12,23H,2,5-6,13-18H2,1H3,(H,25,28). The van der Waals surface area contributed by atoms with Gasteiger partial charge in [-0.15, -0.1) is 0 Å². The van der Waals surface area contributed by atoms with Gasteiger partial charge >= 0.3 is 0 Å². The van der Waals surface area contributed by atoms with Crippen molar-refractivity contribution >= 4 is 21.6 Å². The lowest BCUT2D eigenvalue weighted by Crippen LogP contribution is -2.39. The molecule has 2 aliphatic heterocycles. The van der Waals surface area contributed by atoms with Gasteiger partial charge in [-0.1, -0.05) is 42.8 Å². The van der Waals surface area contributed by atoms with Gasteiger partial charge in [-0.05, 0) is 49.2 Å². The Morgan fingerprint density at radius 1 is 1.00 bits per heavy atom. The molecule has 1 atom stereocenters. The van der Waals surface area contributed by atoms with E-state index in [1.165, 1.54) is 48.5 Å². The van der Waals surface area contributed by atoms with E-state index >= 15 is 0 Å². The first kappa shape index (κ1) is 22.6. The van der Waals surface area contributed by atoms with Gasteiger partial charge < -0.3 is 10.1 Å². The van der Waals surface area contributed by atoms with Gasteiger partial charge in [0.1, 0.15) is 5.75 Å². The van der Waals surface area contributed by atoms with Crippen LogP contribution in [-0.4, -0.2) is 51.2 Å². The van der Waals surface area contributed by atoms with Crippen LogP contribution in [0.1, 0.15) is 36.8 Å². The van der Waals surface area contributed by atoms with Crippen LogP contribution in [0.5, 0.6) is 5.75 Å². The molecule has 8 heteroatoms. The van der Waals surface area contributed by atoms with Crippen LogP contribution < -0.4 is 14.4 Å². The third kappa shape index (κ3) is 5.61. The molecule has 0 aromatic heterocycles. The summed E-state index contributed by atoms with van der Waals surface area (Å²) >= 11 is 0. The third-order valence-corrected chi connectivity index (χ3v) is 7.21. The molecule has 1 unspecified atom stereocenters. The maximum atomic E-state index is 12.8. The van der Waals surface area contributed by atoms with Gasteiger partial charge in [0.2, 0.25) is 10.0 Å². The highest BCUT2D eigenvalue weighted by Gasteiger charge is 2.30. The fourth-order valence-corrected chi connectivity index (χ4v) is 5.25. The molecular weight excluding hydrogens is 426 g/mol. The van der Waals surface area contributed by atoms with Crippen molar-refractivity contribution in [1.82, 2.24) is 10.2 Å². The number of sulfonamides is 1. The molecule has 2 aliphatic rings. The number of carbonyl (C=O) groups excluding carboxylic acids is 1. The van der Waals surface area contributed by atoms with Crippen molar-refractivity contribution in [3.8, 4) is 5.75 Å². The van der Waals surface area contributed by atoms with Crippen molar-refractivity contribution in [2.75, 3.05) is 30.2 Å². The average molecular weight is 458 g/mol. The minimum absolute atomic E-state index is 0.194. The van der Waals surface area contributed by atoms with Gasteiger partial charge in [-0.2, -0.15) is 0 Å². The Labute approximate surface area is 190 Å². The Morgan fingerprint density at radius 3 is 2.41 bits per heavy atom. The summed E-state index contributed by atoms with van der Waals surface area (Å²) in [7, 11) is -3.46. The number of benzene rings is 2. The van der Waals surface area contributed by atoms with Crippen molar-refractivity contribution < 1.29 is 17.9 Å². The van der Waals surface area contributed by atoms with Gasteiger partial charge in [-0.3, -0.25) is 14.0 Å². The molecule has 172 valence electrons. The predicted octanol–water partition coefficient (Wildman–Crippen LogP) is 2.91. The maximum Gasteiger partial charge on any atom is 0.261 e. The molecule has 1 fully saturated rings. The SMILES string of the molecule is CS(=O)(=O)N1CCC(C(=O)NCc2ccc(CN3CCCCC3)cc2)Oc2ccccc21. The highest BCUT2D eigenvalue weighted by molar-refractivity contribution is 7.92. The minimum Gasteiger partial charge on any atom is -0.478 e. The number of hydrogen-bond acceptors (Lipinski definition) is 5. The second-order valence-corrected chi connectivity index (χ2v) is 10.5. The zero-order chi connectivity index (χ0) is 22.6. The number of hydrogen-bond donors (Lipinski definition) is 1. The second-order valence-electron chi connectivity index (χ2n) is 8.57. The first-order valence-corrected chi connectivity index (χ1v) is 13.1. The van der Waals surface area contributed by atoms with E-state index in [9.17, 15) is 13.2 Å². The molecule has 1 saturated heterocycles. The first-order valence-electron chi connectivity index (χ1n) is 11.2. The van der Waals surface area contributed by atoms with Gasteiger partial charge in [-0.25, -0.2) is 8.42 Å². The smallest absolute Gasteiger partial charge is 0.261 e. The van der Waals surface area contributed by atoms with Crippen molar-refractivity contribution in [1.29, 1.82) is 0 Å². The number of anilines is 1. The summed E-state index contributed by atoms with van der Waals surface area (Å²) in [4.78, 5) is 15.3. The van der Waals surface area contributed by atoms with E-state index in [1.54, 1.807) is 24.3 Å². The molecule has 1 amide bonds. The lowest BCUT2D eigenvalue weighted by molar-refractivity contribution is -0.128. The number of rotatable bonds is 6. The van der Waals surface area contributed by atoms with E-state index in [2.05, 4.69) is 22.3 Å². The van der Waals surface area contributed by atoms with Gasteiger partial charge in [0.15, 0.2) is 6.10 Å². The Hall–Kier alpha value is -2.58. The summed E-state index contributed by atoms with van der Waals surface area (Å²) < 4.78 is 31.6. The number of para-hydroxylation sites is 2. The van der Waals surface area contributed by atoms with Crippen LogP contribution in [0.3, 0.4) is 0 Å². The van der Waals surface area contributed by atoms with Gasteiger partial charge in [0.25, 0.3) is 5.91 Å². The average Bonchev–Trinajstić information content (AvgIpc) is 2.99. The minimum atomic E-state index is -3.46. The molecule has 4 rings (SSSR count). The van der Waals surface area contributed by atoms with Gasteiger partial charge in [0, 0.05) is 26.1 Å². The number of nitrogens with one attached hydrogen (secondary N) is 1. The van der Waals surface area contributed by atoms with Crippen LogP contribution in [-0.2, 0) is 27.9 Å². The Morgan fingerprint density at radius 2 is 1.69 bits per heavy atom. The van der Waals surface area contributed by atoms with Crippen molar-refractivity contribution in [2.45, 2.75) is 44.9 Å². The lowest BCUT2D eigenvalue weighted by atomic mass is 10.1. The number of carbonyl (C=O) groups is 1. The van der Waals surface area contributed by atoms with Crippen molar-refractivity contribution in [2.24, 2.45) is 0 Å². The van der Waals surface area contributed by atoms with E-state index in [4.69, 9.17) is 4.74 Å². The molecule has 2 heterocycles. The number of fused-ring (bicyclic) bond motifs is 1. The van der Waals surface area contributed by atoms with Crippen LogP contribution in [0.2, 0.25) is 0 Å². The summed E-state index contributed by atoms with van der Waals surface area (Å²) in [6, 6.07) is 15.3. The molecule has 0 saturated carbocycles. The third-order valence-electron chi connectivity index (χ3n) is 6.03. The fourth-order valence-electron chi connectivity index (χ4n) is 4.30. The van der Waals surface area contributed by atoms with E-state index in [1.807, 2.05) is 12.1 Å². The number of amides is 1. The summed E-state index contributed by atoms with van der Waals surface area (Å²) in [6.07, 6.45) is 4.58. The molecule has 7 nitrogen and oxygen atoms in total.